The Hall–Kier alpha value is -2.10. The van der Waals surface area contributed by atoms with Crippen LogP contribution in [0.25, 0.3) is 0 Å². The quantitative estimate of drug-likeness (QED) is 0.518. The summed E-state index contributed by atoms with van der Waals surface area (Å²) in [6.45, 7) is 0. The lowest BCUT2D eigenvalue weighted by atomic mass is 10.3. The van der Waals surface area contributed by atoms with Crippen molar-refractivity contribution in [2.24, 2.45) is 0 Å². The van der Waals surface area contributed by atoms with Gasteiger partial charge in [0.2, 0.25) is 8.05 Å². The Bertz CT molecular complexity index is 590. The van der Waals surface area contributed by atoms with Gasteiger partial charge in [-0.1, -0.05) is 91.0 Å². The van der Waals surface area contributed by atoms with E-state index in [9.17, 15) is 0 Å². The molecule has 0 heterocycles. The van der Waals surface area contributed by atoms with E-state index in [0.29, 0.717) is 0 Å². The highest BCUT2D eigenvalue weighted by atomic mass is 28.4. The fourth-order valence-electron chi connectivity index (χ4n) is 2.87. The summed E-state index contributed by atoms with van der Waals surface area (Å²) in [4.78, 5) is 0. The second kappa shape index (κ2) is 6.12. The topological polar surface area (TPSA) is 9.23 Å². The second-order valence-electron chi connectivity index (χ2n) is 4.98. The van der Waals surface area contributed by atoms with Crippen LogP contribution in [0.5, 0.6) is 0 Å². The molecule has 3 aromatic rings. The monoisotopic (exact) mass is 288 g/mol. The van der Waals surface area contributed by atoms with Crippen LogP contribution < -0.4 is 15.6 Å². The van der Waals surface area contributed by atoms with Gasteiger partial charge in [-0.3, -0.25) is 0 Å². The summed E-state index contributed by atoms with van der Waals surface area (Å²) in [5.41, 5.74) is 0. The number of hydrogen-bond acceptors (Lipinski definition) is 1. The summed E-state index contributed by atoms with van der Waals surface area (Å²) < 4.78 is 6.24. The Kier molecular flexibility index (Phi) is 4.04. The van der Waals surface area contributed by atoms with Gasteiger partial charge in [-0.2, -0.15) is 0 Å². The van der Waals surface area contributed by atoms with Crippen LogP contribution in [-0.2, 0) is 4.34 Å². The third-order valence-corrected chi connectivity index (χ3v) is 7.90. The van der Waals surface area contributed by atoms with Gasteiger partial charge in [0.25, 0.3) is 8.32 Å². The molecule has 0 amide bonds. The molecule has 0 atom stereocenters. The number of hydrogen-bond donors (Lipinski definition) is 0. The third kappa shape index (κ3) is 2.46. The van der Waals surface area contributed by atoms with E-state index in [4.69, 9.17) is 4.34 Å². The van der Waals surface area contributed by atoms with Crippen LogP contribution in [0, 0.1) is 0 Å². The summed E-state index contributed by atoms with van der Waals surface area (Å²) in [7, 11) is -0.565. The second-order valence-corrected chi connectivity index (χ2v) is 8.49. The van der Waals surface area contributed by atoms with E-state index < -0.39 is 8.32 Å². The first kappa shape index (κ1) is 13.9. The summed E-state index contributed by atoms with van der Waals surface area (Å²) in [5.74, 6) is 0. The van der Waals surface area contributed by atoms with Crippen molar-refractivity contribution in [1.29, 1.82) is 0 Å². The van der Waals surface area contributed by atoms with E-state index in [1.54, 1.807) is 0 Å². The van der Waals surface area contributed by atoms with E-state index in [2.05, 4.69) is 72.8 Å². The Labute approximate surface area is 127 Å². The van der Waals surface area contributed by atoms with Gasteiger partial charge >= 0.3 is 0 Å². The average Bonchev–Trinajstić information content (AvgIpc) is 2.59. The molecule has 0 N–H and O–H groups in total. The Morgan fingerprint density at radius 1 is 0.524 bits per heavy atom. The summed E-state index contributed by atoms with van der Waals surface area (Å²) in [5, 5.41) is 3.81. The molecular formula is C18H17BOSi. The lowest BCUT2D eigenvalue weighted by molar-refractivity contribution is 0.643. The molecule has 0 radical (unpaired) electrons. The lowest BCUT2D eigenvalue weighted by Gasteiger charge is -2.32. The minimum atomic E-state index is -2.40. The van der Waals surface area contributed by atoms with E-state index in [1.807, 2.05) is 26.2 Å². The Morgan fingerprint density at radius 2 is 0.810 bits per heavy atom. The smallest absolute Gasteiger partial charge is 0.273 e. The van der Waals surface area contributed by atoms with Crippen LogP contribution in [-0.4, -0.2) is 16.4 Å². The molecule has 0 saturated heterocycles. The SMILES string of the molecule is BO[Si](c1ccccc1)(c1ccccc1)c1ccccc1. The van der Waals surface area contributed by atoms with E-state index in [1.165, 1.54) is 15.6 Å². The van der Waals surface area contributed by atoms with Gasteiger partial charge in [0.1, 0.15) is 0 Å². The van der Waals surface area contributed by atoms with Gasteiger partial charge in [-0.05, 0) is 15.6 Å². The Morgan fingerprint density at radius 3 is 1.05 bits per heavy atom. The van der Waals surface area contributed by atoms with Crippen molar-refractivity contribution in [3.8, 4) is 0 Å². The highest BCUT2D eigenvalue weighted by Gasteiger charge is 2.39. The molecule has 21 heavy (non-hydrogen) atoms. The fourth-order valence-corrected chi connectivity index (χ4v) is 6.56. The maximum absolute atomic E-state index is 6.24. The Balaban J connectivity index is 2.29. The maximum atomic E-state index is 6.24. The van der Waals surface area contributed by atoms with Crippen molar-refractivity contribution in [3.63, 3.8) is 0 Å². The van der Waals surface area contributed by atoms with Crippen molar-refractivity contribution in [2.75, 3.05) is 0 Å². The summed E-state index contributed by atoms with van der Waals surface area (Å²) >= 11 is 0. The molecule has 0 fully saturated rings. The number of benzene rings is 3. The molecule has 0 bridgehead atoms. The van der Waals surface area contributed by atoms with E-state index in [0.717, 1.165) is 0 Å². The molecule has 102 valence electrons. The molecule has 0 aliphatic heterocycles. The van der Waals surface area contributed by atoms with Crippen molar-refractivity contribution in [1.82, 2.24) is 0 Å². The third-order valence-electron chi connectivity index (χ3n) is 3.85. The van der Waals surface area contributed by atoms with E-state index >= 15 is 0 Å². The van der Waals surface area contributed by atoms with Gasteiger partial charge in [0.15, 0.2) is 0 Å². The zero-order valence-corrected chi connectivity index (χ0v) is 13.1. The summed E-state index contributed by atoms with van der Waals surface area (Å²) in [6.07, 6.45) is 0. The highest BCUT2D eigenvalue weighted by molar-refractivity contribution is 7.08. The molecule has 0 unspecified atom stereocenters. The molecule has 0 spiro atoms. The zero-order chi connectivity index (χ0) is 14.5. The average molecular weight is 288 g/mol. The largest absolute Gasteiger partial charge is 0.473 e. The molecule has 0 saturated carbocycles. The van der Waals surface area contributed by atoms with Crippen LogP contribution in [0.2, 0.25) is 0 Å². The summed E-state index contributed by atoms with van der Waals surface area (Å²) in [6, 6.07) is 31.7. The van der Waals surface area contributed by atoms with Crippen LogP contribution in [0.15, 0.2) is 91.0 Å². The molecule has 3 rings (SSSR count). The predicted molar refractivity (Wildman–Crippen MR) is 93.6 cm³/mol. The molecule has 0 aliphatic carbocycles. The fraction of sp³-hybridized carbons (Fsp3) is 0. The molecule has 1 nitrogen and oxygen atoms in total. The first-order valence-corrected chi connectivity index (χ1v) is 9.00. The highest BCUT2D eigenvalue weighted by Crippen LogP contribution is 2.07. The van der Waals surface area contributed by atoms with Gasteiger partial charge in [-0.15, -0.1) is 0 Å². The van der Waals surface area contributed by atoms with Crippen LogP contribution in [0.4, 0.5) is 0 Å². The van der Waals surface area contributed by atoms with Crippen molar-refractivity contribution in [2.45, 2.75) is 0 Å². The van der Waals surface area contributed by atoms with Gasteiger partial charge in [0.05, 0.1) is 0 Å². The minimum Gasteiger partial charge on any atom is -0.473 e. The first-order valence-electron chi connectivity index (χ1n) is 7.09. The van der Waals surface area contributed by atoms with Crippen LogP contribution in [0.3, 0.4) is 0 Å². The zero-order valence-electron chi connectivity index (χ0n) is 12.1. The molecule has 0 aliphatic rings. The van der Waals surface area contributed by atoms with Gasteiger partial charge in [-0.25, -0.2) is 0 Å². The molecule has 3 aromatic carbocycles. The molecular weight excluding hydrogens is 271 g/mol. The van der Waals surface area contributed by atoms with Gasteiger partial charge < -0.3 is 4.34 Å². The molecule has 0 aromatic heterocycles. The standard InChI is InChI=1S/C18H17BOSi/c19-20-21(16-10-4-1-5-11-16,17-12-6-2-7-13-17)18-14-8-3-9-15-18/h1-15H,19H2. The lowest BCUT2D eigenvalue weighted by Crippen LogP contribution is -2.69. The van der Waals surface area contributed by atoms with Crippen LogP contribution in [0.1, 0.15) is 0 Å². The van der Waals surface area contributed by atoms with Crippen molar-refractivity contribution in [3.05, 3.63) is 91.0 Å². The van der Waals surface area contributed by atoms with Crippen LogP contribution >= 0.6 is 0 Å². The van der Waals surface area contributed by atoms with Crippen molar-refractivity contribution < 1.29 is 4.34 Å². The van der Waals surface area contributed by atoms with E-state index in [-0.39, 0.29) is 0 Å². The normalized spacial score (nSPS) is 11.2. The van der Waals surface area contributed by atoms with Gasteiger partial charge in [0, 0.05) is 0 Å². The molecule has 3 heteroatoms. The first-order chi connectivity index (χ1) is 10.4. The maximum Gasteiger partial charge on any atom is 0.273 e. The van der Waals surface area contributed by atoms with Crippen molar-refractivity contribution >= 4 is 31.9 Å². The predicted octanol–water partition coefficient (Wildman–Crippen LogP) is 1.22. The number of rotatable bonds is 4. The minimum absolute atomic E-state index is 1.27.